The minimum absolute atomic E-state index is 0.170. The first-order valence-electron chi connectivity index (χ1n) is 13.1. The van der Waals surface area contributed by atoms with Crippen molar-refractivity contribution >= 4 is 21.5 Å². The number of hydrogen-bond acceptors (Lipinski definition) is 2. The van der Waals surface area contributed by atoms with E-state index in [1.807, 2.05) is 48.5 Å². The standard InChI is InChI=1S/C32H34N2O2/c1-2-3-4-5-6-11-18-33-19-20-34(23-33)22-26-21-25-13-8-10-15-28(25)31(32(26)36)30-27-14-9-7-12-24(27)16-17-29(30)35/h7-10,12-17,19-21,23H,2-6,11,18,22H2,1H3,(H-,35,36)/p+1. The molecule has 4 heteroatoms. The summed E-state index contributed by atoms with van der Waals surface area (Å²) in [5, 5.41) is 26.5. The van der Waals surface area contributed by atoms with Crippen molar-refractivity contribution in [2.45, 2.75) is 58.5 Å². The molecule has 0 aliphatic rings. The van der Waals surface area contributed by atoms with E-state index in [1.54, 1.807) is 6.07 Å². The Morgan fingerprint density at radius 3 is 2.25 bits per heavy atom. The van der Waals surface area contributed by atoms with E-state index in [0.717, 1.165) is 33.7 Å². The summed E-state index contributed by atoms with van der Waals surface area (Å²) in [4.78, 5) is 0. The Bertz CT molecular complexity index is 1480. The summed E-state index contributed by atoms with van der Waals surface area (Å²) in [6.45, 7) is 3.82. The molecule has 0 atom stereocenters. The van der Waals surface area contributed by atoms with Gasteiger partial charge in [-0.05, 0) is 46.5 Å². The van der Waals surface area contributed by atoms with Gasteiger partial charge in [0.05, 0.1) is 6.54 Å². The Hall–Kier alpha value is -3.79. The molecule has 5 aromatic rings. The van der Waals surface area contributed by atoms with Crippen molar-refractivity contribution in [2.75, 3.05) is 0 Å². The lowest BCUT2D eigenvalue weighted by molar-refractivity contribution is -0.687. The number of unbranched alkanes of at least 4 members (excludes halogenated alkanes) is 5. The molecule has 0 radical (unpaired) electrons. The number of phenols is 2. The van der Waals surface area contributed by atoms with Gasteiger partial charge < -0.3 is 10.2 Å². The third-order valence-corrected chi connectivity index (χ3v) is 7.13. The fourth-order valence-electron chi connectivity index (χ4n) is 5.23. The van der Waals surface area contributed by atoms with Crippen LogP contribution in [0.2, 0.25) is 0 Å². The van der Waals surface area contributed by atoms with Crippen molar-refractivity contribution in [3.05, 3.63) is 91.0 Å². The highest BCUT2D eigenvalue weighted by Crippen LogP contribution is 2.46. The fourth-order valence-corrected chi connectivity index (χ4v) is 5.23. The third kappa shape index (κ3) is 4.94. The van der Waals surface area contributed by atoms with Crippen LogP contribution in [0.25, 0.3) is 32.7 Å². The zero-order chi connectivity index (χ0) is 24.9. The third-order valence-electron chi connectivity index (χ3n) is 7.13. The first-order chi connectivity index (χ1) is 17.7. The first kappa shape index (κ1) is 23.9. The topological polar surface area (TPSA) is 49.3 Å². The van der Waals surface area contributed by atoms with Crippen molar-refractivity contribution in [3.63, 3.8) is 0 Å². The monoisotopic (exact) mass is 479 g/mol. The second kappa shape index (κ2) is 10.9. The molecule has 0 saturated carbocycles. The van der Waals surface area contributed by atoms with Crippen LogP contribution in [-0.2, 0) is 13.1 Å². The van der Waals surface area contributed by atoms with Crippen molar-refractivity contribution in [1.82, 2.24) is 4.57 Å². The van der Waals surface area contributed by atoms with E-state index in [9.17, 15) is 10.2 Å². The molecule has 36 heavy (non-hydrogen) atoms. The van der Waals surface area contributed by atoms with Crippen LogP contribution in [0, 0.1) is 0 Å². The van der Waals surface area contributed by atoms with E-state index >= 15 is 0 Å². The zero-order valence-corrected chi connectivity index (χ0v) is 21.0. The summed E-state index contributed by atoms with van der Waals surface area (Å²) in [7, 11) is 0. The van der Waals surface area contributed by atoms with Crippen LogP contribution in [0.3, 0.4) is 0 Å². The Morgan fingerprint density at radius 1 is 0.750 bits per heavy atom. The Kier molecular flexibility index (Phi) is 7.22. The summed E-state index contributed by atoms with van der Waals surface area (Å²) < 4.78 is 4.35. The highest BCUT2D eigenvalue weighted by atomic mass is 16.3. The minimum Gasteiger partial charge on any atom is -0.507 e. The molecule has 0 saturated heterocycles. The van der Waals surface area contributed by atoms with E-state index < -0.39 is 0 Å². The van der Waals surface area contributed by atoms with E-state index in [2.05, 4.69) is 46.9 Å². The van der Waals surface area contributed by atoms with Gasteiger partial charge in [-0.1, -0.05) is 87.2 Å². The quantitative estimate of drug-likeness (QED) is 0.160. The van der Waals surface area contributed by atoms with Gasteiger partial charge in [0.1, 0.15) is 30.4 Å². The molecule has 4 nitrogen and oxygen atoms in total. The normalized spacial score (nSPS) is 11.5. The summed E-state index contributed by atoms with van der Waals surface area (Å²) in [6.07, 6.45) is 14.0. The Morgan fingerprint density at radius 2 is 1.44 bits per heavy atom. The summed E-state index contributed by atoms with van der Waals surface area (Å²) >= 11 is 0. The van der Waals surface area contributed by atoms with Gasteiger partial charge in [-0.15, -0.1) is 0 Å². The average Bonchev–Trinajstić information content (AvgIpc) is 3.34. The van der Waals surface area contributed by atoms with Crippen molar-refractivity contribution in [1.29, 1.82) is 0 Å². The van der Waals surface area contributed by atoms with Crippen LogP contribution in [0.5, 0.6) is 11.5 Å². The second-order valence-electron chi connectivity index (χ2n) is 9.75. The number of hydrogen-bond donors (Lipinski definition) is 2. The van der Waals surface area contributed by atoms with Gasteiger partial charge in [0.25, 0.3) is 0 Å². The van der Waals surface area contributed by atoms with Crippen molar-refractivity contribution in [2.24, 2.45) is 0 Å². The predicted octanol–water partition coefficient (Wildman–Crippen LogP) is 7.57. The van der Waals surface area contributed by atoms with Gasteiger partial charge in [-0.25, -0.2) is 9.13 Å². The van der Waals surface area contributed by atoms with Crippen molar-refractivity contribution < 1.29 is 14.8 Å². The summed E-state index contributed by atoms with van der Waals surface area (Å²) in [6, 6.07) is 21.8. The number of benzene rings is 4. The fraction of sp³-hybridized carbons (Fsp3) is 0.281. The van der Waals surface area contributed by atoms with Crippen LogP contribution in [-0.4, -0.2) is 14.8 Å². The molecular formula is C32H35N2O2+. The second-order valence-corrected chi connectivity index (χ2v) is 9.75. The number of phenolic OH excluding ortho intramolecular Hbond substituents is 2. The SMILES string of the molecule is CCCCCCCCn1cc[n+](Cc2cc3ccccc3c(-c3c(O)ccc4ccccc34)c2O)c1. The van der Waals surface area contributed by atoms with Gasteiger partial charge in [-0.2, -0.15) is 0 Å². The van der Waals surface area contributed by atoms with E-state index in [4.69, 9.17) is 0 Å². The van der Waals surface area contributed by atoms with Crippen LogP contribution in [0.4, 0.5) is 0 Å². The molecule has 0 amide bonds. The molecule has 0 bridgehead atoms. The largest absolute Gasteiger partial charge is 0.507 e. The Labute approximate surface area is 213 Å². The molecule has 0 unspecified atom stereocenters. The van der Waals surface area contributed by atoms with Crippen molar-refractivity contribution in [3.8, 4) is 22.6 Å². The molecule has 4 aromatic carbocycles. The van der Waals surface area contributed by atoms with E-state index in [0.29, 0.717) is 17.7 Å². The van der Waals surface area contributed by atoms with Crippen LogP contribution in [0.15, 0.2) is 85.5 Å². The number of aryl methyl sites for hydroxylation is 1. The maximum absolute atomic E-state index is 11.6. The lowest BCUT2D eigenvalue weighted by atomic mass is 9.90. The van der Waals surface area contributed by atoms with Gasteiger partial charge in [-0.3, -0.25) is 0 Å². The van der Waals surface area contributed by atoms with Crippen LogP contribution >= 0.6 is 0 Å². The molecule has 184 valence electrons. The smallest absolute Gasteiger partial charge is 0.244 e. The van der Waals surface area contributed by atoms with E-state index in [-0.39, 0.29) is 11.5 Å². The number of aromatic hydroxyl groups is 2. The van der Waals surface area contributed by atoms with Gasteiger partial charge >= 0.3 is 0 Å². The van der Waals surface area contributed by atoms with E-state index in [1.165, 1.54) is 38.5 Å². The van der Waals surface area contributed by atoms with Crippen LogP contribution in [0.1, 0.15) is 51.0 Å². The summed E-state index contributed by atoms with van der Waals surface area (Å²) in [5.41, 5.74) is 2.19. The van der Waals surface area contributed by atoms with Gasteiger partial charge in [0, 0.05) is 16.7 Å². The minimum atomic E-state index is 0.170. The lowest BCUT2D eigenvalue weighted by Gasteiger charge is -2.16. The number of imidazole rings is 1. The molecule has 1 heterocycles. The highest BCUT2D eigenvalue weighted by molar-refractivity contribution is 6.10. The first-order valence-corrected chi connectivity index (χ1v) is 13.1. The maximum atomic E-state index is 11.6. The molecule has 0 spiro atoms. The molecular weight excluding hydrogens is 444 g/mol. The van der Waals surface area contributed by atoms with Gasteiger partial charge in [0.2, 0.25) is 6.33 Å². The highest BCUT2D eigenvalue weighted by Gasteiger charge is 2.20. The molecule has 0 fully saturated rings. The van der Waals surface area contributed by atoms with Gasteiger partial charge in [0.15, 0.2) is 0 Å². The number of nitrogens with zero attached hydrogens (tertiary/aromatic N) is 2. The predicted molar refractivity (Wildman–Crippen MR) is 147 cm³/mol. The number of fused-ring (bicyclic) bond motifs is 2. The maximum Gasteiger partial charge on any atom is 0.244 e. The Balaban J connectivity index is 1.48. The zero-order valence-electron chi connectivity index (χ0n) is 21.0. The summed E-state index contributed by atoms with van der Waals surface area (Å²) in [5.74, 6) is 0.389. The molecule has 5 rings (SSSR count). The molecule has 1 aromatic heterocycles. The molecule has 0 aliphatic carbocycles. The van der Waals surface area contributed by atoms with Crippen LogP contribution < -0.4 is 4.57 Å². The lowest BCUT2D eigenvalue weighted by Crippen LogP contribution is -2.31. The average molecular weight is 480 g/mol. The molecule has 0 aliphatic heterocycles. The molecule has 2 N–H and O–H groups in total. The number of aromatic nitrogens is 2. The number of rotatable bonds is 10.